The number of hydrogen-bond donors (Lipinski definition) is 0. The predicted octanol–water partition coefficient (Wildman–Crippen LogP) is 4.57. The number of rotatable bonds is 6. The van der Waals surface area contributed by atoms with Crippen molar-refractivity contribution in [3.05, 3.63) is 35.0 Å². The number of aromatic nitrogens is 1. The summed E-state index contributed by atoms with van der Waals surface area (Å²) in [4.78, 5) is 4.24. The van der Waals surface area contributed by atoms with Crippen LogP contribution in [0.3, 0.4) is 0 Å². The minimum atomic E-state index is -0.0648. The van der Waals surface area contributed by atoms with Gasteiger partial charge in [0.05, 0.1) is 6.61 Å². The molecule has 0 radical (unpaired) electrons. The summed E-state index contributed by atoms with van der Waals surface area (Å²) in [6.45, 7) is 14.0. The SMILES string of the molecule is C=Cc1c(Br)cnc(OC(C)COC)c1C=C.CC. The molecule has 1 heterocycles. The first-order chi connectivity index (χ1) is 9.13. The van der Waals surface area contributed by atoms with Crippen molar-refractivity contribution in [2.45, 2.75) is 26.9 Å². The normalized spacial score (nSPS) is 11.0. The maximum atomic E-state index is 5.70. The second kappa shape index (κ2) is 9.75. The monoisotopic (exact) mass is 327 g/mol. The minimum absolute atomic E-state index is 0.0648. The van der Waals surface area contributed by atoms with Gasteiger partial charge in [-0.15, -0.1) is 0 Å². The van der Waals surface area contributed by atoms with Gasteiger partial charge in [0.15, 0.2) is 0 Å². The Morgan fingerprint density at radius 2 is 1.89 bits per heavy atom. The number of ether oxygens (including phenoxy) is 2. The summed E-state index contributed by atoms with van der Waals surface area (Å²) in [5, 5.41) is 0. The largest absolute Gasteiger partial charge is 0.472 e. The van der Waals surface area contributed by atoms with Crippen LogP contribution in [0.15, 0.2) is 23.8 Å². The van der Waals surface area contributed by atoms with Gasteiger partial charge in [-0.05, 0) is 22.9 Å². The highest BCUT2D eigenvalue weighted by molar-refractivity contribution is 9.10. The van der Waals surface area contributed by atoms with E-state index in [1.807, 2.05) is 20.8 Å². The van der Waals surface area contributed by atoms with E-state index in [2.05, 4.69) is 34.1 Å². The maximum absolute atomic E-state index is 5.70. The van der Waals surface area contributed by atoms with Crippen LogP contribution in [0, 0.1) is 0 Å². The zero-order chi connectivity index (χ0) is 14.8. The lowest BCUT2D eigenvalue weighted by molar-refractivity contribution is 0.0888. The standard InChI is InChI=1S/C13H16BrNO2.C2H6/c1-5-10-11(6-2)13(15-7-12(10)14)17-9(3)8-16-4;1-2/h5-7,9H,1-2,8H2,3-4H3;1-2H3. The molecule has 106 valence electrons. The van der Waals surface area contributed by atoms with E-state index in [-0.39, 0.29) is 6.10 Å². The molecule has 1 rings (SSSR count). The molecule has 0 spiro atoms. The van der Waals surface area contributed by atoms with Gasteiger partial charge in [-0.25, -0.2) is 4.98 Å². The summed E-state index contributed by atoms with van der Waals surface area (Å²) < 4.78 is 11.6. The van der Waals surface area contributed by atoms with Gasteiger partial charge in [0.1, 0.15) is 6.10 Å². The van der Waals surface area contributed by atoms with Crippen molar-refractivity contribution in [3.8, 4) is 5.88 Å². The number of halogens is 1. The van der Waals surface area contributed by atoms with Gasteiger partial charge in [0.2, 0.25) is 5.88 Å². The van der Waals surface area contributed by atoms with Crippen LogP contribution in [0.5, 0.6) is 5.88 Å². The van der Waals surface area contributed by atoms with Crippen LogP contribution in [0.2, 0.25) is 0 Å². The van der Waals surface area contributed by atoms with Crippen molar-refractivity contribution in [2.24, 2.45) is 0 Å². The van der Waals surface area contributed by atoms with E-state index in [0.29, 0.717) is 12.5 Å². The topological polar surface area (TPSA) is 31.4 Å². The fourth-order valence-electron chi connectivity index (χ4n) is 1.46. The van der Waals surface area contributed by atoms with E-state index < -0.39 is 0 Å². The molecule has 4 heteroatoms. The molecule has 0 aliphatic heterocycles. The Labute approximate surface area is 124 Å². The van der Waals surface area contributed by atoms with Crippen molar-refractivity contribution >= 4 is 28.1 Å². The molecule has 1 aromatic rings. The molecule has 0 N–H and O–H groups in total. The maximum Gasteiger partial charge on any atom is 0.221 e. The highest BCUT2D eigenvalue weighted by Crippen LogP contribution is 2.29. The van der Waals surface area contributed by atoms with Crippen molar-refractivity contribution in [2.75, 3.05) is 13.7 Å². The summed E-state index contributed by atoms with van der Waals surface area (Å²) in [5.74, 6) is 0.544. The lowest BCUT2D eigenvalue weighted by Gasteiger charge is -2.16. The summed E-state index contributed by atoms with van der Waals surface area (Å²) in [7, 11) is 1.64. The quantitative estimate of drug-likeness (QED) is 0.766. The minimum Gasteiger partial charge on any atom is -0.472 e. The van der Waals surface area contributed by atoms with Gasteiger partial charge in [0, 0.05) is 28.9 Å². The van der Waals surface area contributed by atoms with E-state index in [1.54, 1.807) is 25.5 Å². The molecule has 0 saturated carbocycles. The summed E-state index contributed by atoms with van der Waals surface area (Å²) in [6.07, 6.45) is 5.09. The molecule has 0 saturated heterocycles. The highest BCUT2D eigenvalue weighted by atomic mass is 79.9. The number of pyridine rings is 1. The van der Waals surface area contributed by atoms with Crippen LogP contribution in [-0.4, -0.2) is 24.8 Å². The third-order valence-electron chi connectivity index (χ3n) is 2.20. The smallest absolute Gasteiger partial charge is 0.221 e. The van der Waals surface area contributed by atoms with Crippen LogP contribution in [0.25, 0.3) is 12.2 Å². The van der Waals surface area contributed by atoms with E-state index in [0.717, 1.165) is 15.6 Å². The van der Waals surface area contributed by atoms with Gasteiger partial charge in [0.25, 0.3) is 0 Å². The molecule has 3 nitrogen and oxygen atoms in total. The molecule has 1 atom stereocenters. The van der Waals surface area contributed by atoms with E-state index in [4.69, 9.17) is 9.47 Å². The van der Waals surface area contributed by atoms with Crippen molar-refractivity contribution in [3.63, 3.8) is 0 Å². The Morgan fingerprint density at radius 3 is 2.37 bits per heavy atom. The second-order valence-corrected chi connectivity index (χ2v) is 4.39. The third-order valence-corrected chi connectivity index (χ3v) is 2.83. The molecular weight excluding hydrogens is 306 g/mol. The third kappa shape index (κ3) is 5.17. The fraction of sp³-hybridized carbons (Fsp3) is 0.400. The summed E-state index contributed by atoms with van der Waals surface area (Å²) >= 11 is 3.42. The van der Waals surface area contributed by atoms with Gasteiger partial charge < -0.3 is 9.47 Å². The number of nitrogens with zero attached hydrogens (tertiary/aromatic N) is 1. The molecule has 0 amide bonds. The Bertz CT molecular complexity index is 419. The number of methoxy groups -OCH3 is 1. The second-order valence-electron chi connectivity index (χ2n) is 3.53. The van der Waals surface area contributed by atoms with Gasteiger partial charge in [-0.2, -0.15) is 0 Å². The van der Waals surface area contributed by atoms with E-state index in [1.165, 1.54) is 0 Å². The van der Waals surface area contributed by atoms with E-state index >= 15 is 0 Å². The first kappa shape index (κ1) is 17.9. The lowest BCUT2D eigenvalue weighted by atomic mass is 10.1. The summed E-state index contributed by atoms with van der Waals surface area (Å²) in [6, 6.07) is 0. The number of hydrogen-bond acceptors (Lipinski definition) is 3. The van der Waals surface area contributed by atoms with Crippen molar-refractivity contribution < 1.29 is 9.47 Å². The molecule has 0 fully saturated rings. The molecule has 0 aliphatic rings. The zero-order valence-electron chi connectivity index (χ0n) is 12.1. The molecule has 1 unspecified atom stereocenters. The van der Waals surface area contributed by atoms with Crippen LogP contribution in [0.1, 0.15) is 31.9 Å². The molecule has 19 heavy (non-hydrogen) atoms. The van der Waals surface area contributed by atoms with Crippen molar-refractivity contribution in [1.29, 1.82) is 0 Å². The van der Waals surface area contributed by atoms with Crippen LogP contribution < -0.4 is 4.74 Å². The molecule has 0 aliphatic carbocycles. The summed E-state index contributed by atoms with van der Waals surface area (Å²) in [5.41, 5.74) is 1.76. The predicted molar refractivity (Wildman–Crippen MR) is 85.4 cm³/mol. The van der Waals surface area contributed by atoms with Crippen molar-refractivity contribution in [1.82, 2.24) is 4.98 Å². The van der Waals surface area contributed by atoms with E-state index in [9.17, 15) is 0 Å². The van der Waals surface area contributed by atoms with Crippen LogP contribution >= 0.6 is 15.9 Å². The lowest BCUT2D eigenvalue weighted by Crippen LogP contribution is -2.19. The first-order valence-electron chi connectivity index (χ1n) is 6.23. The molecule has 0 bridgehead atoms. The fourth-order valence-corrected chi connectivity index (χ4v) is 1.93. The molecular formula is C15H22BrNO2. The van der Waals surface area contributed by atoms with Gasteiger partial charge in [-0.3, -0.25) is 0 Å². The average Bonchev–Trinajstić information content (AvgIpc) is 2.42. The highest BCUT2D eigenvalue weighted by Gasteiger charge is 2.12. The molecule has 1 aromatic heterocycles. The first-order valence-corrected chi connectivity index (χ1v) is 7.02. The Hall–Kier alpha value is -1.13. The van der Waals surface area contributed by atoms with Gasteiger partial charge >= 0.3 is 0 Å². The zero-order valence-corrected chi connectivity index (χ0v) is 13.7. The molecule has 0 aromatic carbocycles. The Morgan fingerprint density at radius 1 is 1.32 bits per heavy atom. The Balaban J connectivity index is 0.00000154. The van der Waals surface area contributed by atoms with Gasteiger partial charge in [-0.1, -0.05) is 39.2 Å². The van der Waals surface area contributed by atoms with Crippen LogP contribution in [0.4, 0.5) is 0 Å². The van der Waals surface area contributed by atoms with Crippen LogP contribution in [-0.2, 0) is 4.74 Å². The average molecular weight is 328 g/mol. The Kier molecular flexibility index (Phi) is 9.17.